The standard InChI is InChI=1S/C21H20F2N6OS/c1-28-26-21(25-27-28)29-8-7-12-3-2-4-17-19(15(12)11-29)31-20(24-17)18(30)9-13-5-6-14(22)10-16(13)23/h5-6,10H,2-4,7-9,11H2,1H3. The van der Waals surface area contributed by atoms with Gasteiger partial charge in [0.05, 0.1) is 17.6 Å². The molecular weight excluding hydrogens is 422 g/mol. The van der Waals surface area contributed by atoms with E-state index >= 15 is 0 Å². The van der Waals surface area contributed by atoms with Crippen LogP contribution in [-0.2, 0) is 19.9 Å². The van der Waals surface area contributed by atoms with E-state index in [2.05, 4.69) is 25.3 Å². The van der Waals surface area contributed by atoms with Crippen LogP contribution in [0.15, 0.2) is 23.8 Å². The number of nitrogens with zero attached hydrogens (tertiary/aromatic N) is 6. The molecule has 0 amide bonds. The number of Topliss-reactive ketones (excluding diaryl/α,β-unsaturated/α-hetero) is 1. The van der Waals surface area contributed by atoms with Gasteiger partial charge in [-0.15, -0.1) is 16.4 Å². The summed E-state index contributed by atoms with van der Waals surface area (Å²) in [6, 6.07) is 3.28. The summed E-state index contributed by atoms with van der Waals surface area (Å²) < 4.78 is 27.1. The van der Waals surface area contributed by atoms with Crippen molar-refractivity contribution in [2.24, 2.45) is 7.05 Å². The van der Waals surface area contributed by atoms with Crippen molar-refractivity contribution in [2.75, 3.05) is 18.0 Å². The molecule has 0 atom stereocenters. The van der Waals surface area contributed by atoms with Crippen molar-refractivity contribution in [2.45, 2.75) is 32.1 Å². The minimum atomic E-state index is -0.712. The second kappa shape index (κ2) is 7.92. The highest BCUT2D eigenvalue weighted by molar-refractivity contribution is 7.14. The number of aromatic nitrogens is 5. The van der Waals surface area contributed by atoms with Crippen molar-refractivity contribution < 1.29 is 13.6 Å². The Balaban J connectivity index is 1.43. The maximum atomic E-state index is 14.0. The Kier molecular flexibility index (Phi) is 5.09. The lowest BCUT2D eigenvalue weighted by Crippen LogP contribution is -2.32. The third kappa shape index (κ3) is 3.87. The molecule has 0 fully saturated rings. The zero-order valence-electron chi connectivity index (χ0n) is 16.9. The van der Waals surface area contributed by atoms with Crippen LogP contribution in [0, 0.1) is 11.6 Å². The number of hydrogen-bond donors (Lipinski definition) is 0. The minimum absolute atomic E-state index is 0.139. The van der Waals surface area contributed by atoms with Crippen LogP contribution in [0.5, 0.6) is 0 Å². The van der Waals surface area contributed by atoms with Crippen molar-refractivity contribution >= 4 is 28.6 Å². The van der Waals surface area contributed by atoms with E-state index in [0.717, 1.165) is 54.9 Å². The Bertz CT molecular complexity index is 1200. The molecule has 2 aromatic heterocycles. The van der Waals surface area contributed by atoms with Gasteiger partial charge in [0.2, 0.25) is 0 Å². The molecule has 0 bridgehead atoms. The summed E-state index contributed by atoms with van der Waals surface area (Å²) in [6.07, 6.45) is 3.58. The van der Waals surface area contributed by atoms with Gasteiger partial charge in [-0.3, -0.25) is 4.79 Å². The van der Waals surface area contributed by atoms with E-state index in [1.54, 1.807) is 7.05 Å². The van der Waals surface area contributed by atoms with E-state index in [0.29, 0.717) is 17.5 Å². The molecule has 0 unspecified atom stereocenters. The summed E-state index contributed by atoms with van der Waals surface area (Å²) >= 11 is 1.37. The summed E-state index contributed by atoms with van der Waals surface area (Å²) in [4.78, 5) is 22.0. The average molecular weight is 442 g/mol. The normalized spacial score (nSPS) is 16.2. The molecule has 0 saturated heterocycles. The number of thiazole rings is 1. The molecule has 10 heteroatoms. The van der Waals surface area contributed by atoms with E-state index in [9.17, 15) is 13.6 Å². The first-order chi connectivity index (χ1) is 15.0. The summed E-state index contributed by atoms with van der Waals surface area (Å²) in [5.41, 5.74) is 3.68. The Hall–Kier alpha value is -3.01. The maximum absolute atomic E-state index is 14.0. The zero-order valence-corrected chi connectivity index (χ0v) is 17.8. The molecular formula is C21H20F2N6OS. The fraction of sp³-hybridized carbons (Fsp3) is 0.381. The van der Waals surface area contributed by atoms with Crippen molar-refractivity contribution in [3.8, 4) is 0 Å². The molecule has 160 valence electrons. The van der Waals surface area contributed by atoms with Crippen LogP contribution < -0.4 is 4.90 Å². The second-order valence-electron chi connectivity index (χ2n) is 7.82. The number of fused-ring (bicyclic) bond motifs is 2. The largest absolute Gasteiger partial charge is 0.334 e. The van der Waals surface area contributed by atoms with E-state index < -0.39 is 11.6 Å². The van der Waals surface area contributed by atoms with Gasteiger partial charge in [-0.2, -0.15) is 4.80 Å². The molecule has 0 radical (unpaired) electrons. The number of anilines is 1. The highest BCUT2D eigenvalue weighted by Gasteiger charge is 2.29. The Morgan fingerprint density at radius 3 is 2.87 bits per heavy atom. The van der Waals surface area contributed by atoms with Gasteiger partial charge in [0, 0.05) is 25.6 Å². The highest BCUT2D eigenvalue weighted by Crippen LogP contribution is 2.39. The molecule has 2 aliphatic rings. The van der Waals surface area contributed by atoms with E-state index in [4.69, 9.17) is 0 Å². The topological polar surface area (TPSA) is 76.8 Å². The predicted molar refractivity (Wildman–Crippen MR) is 112 cm³/mol. The number of ketones is 1. The highest BCUT2D eigenvalue weighted by atomic mass is 32.1. The number of halogens is 2. The van der Waals surface area contributed by atoms with Crippen LogP contribution in [0.4, 0.5) is 14.7 Å². The summed E-state index contributed by atoms with van der Waals surface area (Å²) in [6.45, 7) is 1.48. The summed E-state index contributed by atoms with van der Waals surface area (Å²) in [7, 11) is 1.74. The number of carbonyl (C=O) groups is 1. The molecule has 1 aromatic carbocycles. The second-order valence-corrected chi connectivity index (χ2v) is 8.82. The maximum Gasteiger partial charge on any atom is 0.266 e. The third-order valence-electron chi connectivity index (χ3n) is 5.71. The van der Waals surface area contributed by atoms with Crippen molar-refractivity contribution in [3.63, 3.8) is 0 Å². The number of carbonyl (C=O) groups excluding carboxylic acids is 1. The number of rotatable bonds is 4. The molecule has 31 heavy (non-hydrogen) atoms. The first kappa shape index (κ1) is 19.9. The van der Waals surface area contributed by atoms with Crippen LogP contribution in [-0.4, -0.2) is 44.1 Å². The van der Waals surface area contributed by atoms with Gasteiger partial charge < -0.3 is 4.90 Å². The van der Waals surface area contributed by atoms with Gasteiger partial charge in [-0.1, -0.05) is 16.7 Å². The van der Waals surface area contributed by atoms with Gasteiger partial charge in [0.25, 0.3) is 5.95 Å². The molecule has 3 aromatic rings. The molecule has 3 heterocycles. The molecule has 1 aliphatic heterocycles. The Morgan fingerprint density at radius 1 is 1.23 bits per heavy atom. The monoisotopic (exact) mass is 442 g/mol. The lowest BCUT2D eigenvalue weighted by atomic mass is 9.97. The number of tetrazole rings is 1. The molecule has 7 nitrogen and oxygen atoms in total. The Morgan fingerprint density at radius 2 is 2.10 bits per heavy atom. The van der Waals surface area contributed by atoms with Gasteiger partial charge in [0.15, 0.2) is 10.8 Å². The molecule has 0 saturated carbocycles. The molecule has 0 N–H and O–H groups in total. The first-order valence-corrected chi connectivity index (χ1v) is 11.0. The van der Waals surface area contributed by atoms with Gasteiger partial charge >= 0.3 is 0 Å². The Labute approximate surface area is 181 Å². The van der Waals surface area contributed by atoms with Crippen LogP contribution in [0.2, 0.25) is 0 Å². The summed E-state index contributed by atoms with van der Waals surface area (Å²) in [5, 5.41) is 12.7. The van der Waals surface area contributed by atoms with Gasteiger partial charge in [-0.05, 0) is 48.1 Å². The fourth-order valence-electron chi connectivity index (χ4n) is 4.14. The van der Waals surface area contributed by atoms with Gasteiger partial charge in [-0.25, -0.2) is 13.8 Å². The van der Waals surface area contributed by atoms with Crippen molar-refractivity contribution in [1.29, 1.82) is 0 Å². The SMILES string of the molecule is Cn1nnc(N2CCC3=C(C2)c2sc(C(=O)Cc4ccc(F)cc4F)nc2CCC3)n1. The number of benzene rings is 1. The van der Waals surface area contributed by atoms with E-state index in [-0.39, 0.29) is 17.8 Å². The smallest absolute Gasteiger partial charge is 0.266 e. The lowest BCUT2D eigenvalue weighted by Gasteiger charge is -2.29. The van der Waals surface area contributed by atoms with Gasteiger partial charge in [0.1, 0.15) is 11.6 Å². The quantitative estimate of drug-likeness (QED) is 0.577. The first-order valence-electron chi connectivity index (χ1n) is 10.1. The fourth-order valence-corrected chi connectivity index (χ4v) is 5.27. The molecule has 0 spiro atoms. The van der Waals surface area contributed by atoms with Crippen molar-refractivity contribution in [1.82, 2.24) is 25.2 Å². The van der Waals surface area contributed by atoms with E-state index in [1.165, 1.54) is 33.3 Å². The van der Waals surface area contributed by atoms with Crippen LogP contribution in [0.1, 0.15) is 45.2 Å². The zero-order chi connectivity index (χ0) is 21.5. The van der Waals surface area contributed by atoms with Crippen LogP contribution in [0.25, 0.3) is 5.57 Å². The number of hydrogen-bond acceptors (Lipinski definition) is 7. The van der Waals surface area contributed by atoms with Crippen molar-refractivity contribution in [3.05, 3.63) is 56.5 Å². The van der Waals surface area contributed by atoms with E-state index in [1.807, 2.05) is 0 Å². The average Bonchev–Trinajstić information content (AvgIpc) is 3.33. The molecule has 1 aliphatic carbocycles. The predicted octanol–water partition coefficient (Wildman–Crippen LogP) is 3.37. The number of aryl methyl sites for hydroxylation is 2. The van der Waals surface area contributed by atoms with Crippen LogP contribution >= 0.6 is 11.3 Å². The van der Waals surface area contributed by atoms with Crippen LogP contribution in [0.3, 0.4) is 0 Å². The third-order valence-corrected chi connectivity index (χ3v) is 6.91. The summed E-state index contributed by atoms with van der Waals surface area (Å²) in [5.74, 6) is -1.04. The minimum Gasteiger partial charge on any atom is -0.334 e. The lowest BCUT2D eigenvalue weighted by molar-refractivity contribution is 0.0991. The molecule has 5 rings (SSSR count).